The zero-order valence-corrected chi connectivity index (χ0v) is 20.0. The molecule has 1 saturated heterocycles. The summed E-state index contributed by atoms with van der Waals surface area (Å²) in [5.74, 6) is -0.516. The second-order valence-corrected chi connectivity index (χ2v) is 9.36. The summed E-state index contributed by atoms with van der Waals surface area (Å²) in [5.41, 5.74) is 2.17. The molecule has 1 N–H and O–H groups in total. The minimum Gasteiger partial charge on any atom is -0.361 e. The number of aryl methyl sites for hydroxylation is 1. The Bertz CT molecular complexity index is 1410. The number of piperazine rings is 1. The SMILES string of the molecule is O=C(c1ccc2[nH]ccc2c1)N1CC(=O)N(Cc2cccc(C(F)(F)F)c2)[C@@H](CCc2ccccc2)C1. The zero-order chi connectivity index (χ0) is 26.0. The molecule has 1 aliphatic rings. The summed E-state index contributed by atoms with van der Waals surface area (Å²) >= 11 is 0. The highest BCUT2D eigenvalue weighted by Gasteiger charge is 2.36. The highest BCUT2D eigenvalue weighted by atomic mass is 19.4. The third-order valence-corrected chi connectivity index (χ3v) is 6.82. The van der Waals surface area contributed by atoms with Crippen molar-refractivity contribution < 1.29 is 22.8 Å². The predicted octanol–water partition coefficient (Wildman–Crippen LogP) is 5.67. The fraction of sp³-hybridized carbons (Fsp3) is 0.241. The third-order valence-electron chi connectivity index (χ3n) is 6.82. The molecular formula is C29H26F3N3O2. The topological polar surface area (TPSA) is 56.4 Å². The van der Waals surface area contributed by atoms with E-state index < -0.39 is 11.7 Å². The molecule has 0 aliphatic carbocycles. The van der Waals surface area contributed by atoms with E-state index in [-0.39, 0.29) is 30.9 Å². The first-order chi connectivity index (χ1) is 17.8. The molecule has 3 aromatic carbocycles. The number of nitrogens with one attached hydrogen (secondary N) is 1. The fourth-order valence-corrected chi connectivity index (χ4v) is 4.88. The third kappa shape index (κ3) is 5.53. The van der Waals surface area contributed by atoms with Crippen LogP contribution in [0.3, 0.4) is 0 Å². The monoisotopic (exact) mass is 505 g/mol. The number of carbonyl (C=O) groups excluding carboxylic acids is 2. The maximum absolute atomic E-state index is 13.4. The van der Waals surface area contributed by atoms with Gasteiger partial charge in [0.05, 0.1) is 11.6 Å². The molecule has 0 bridgehead atoms. The molecule has 37 heavy (non-hydrogen) atoms. The van der Waals surface area contributed by atoms with Crippen LogP contribution in [-0.2, 0) is 23.9 Å². The number of alkyl halides is 3. The summed E-state index contributed by atoms with van der Waals surface area (Å²) in [6.07, 6.45) is -1.41. The number of halogens is 3. The van der Waals surface area contributed by atoms with Crippen molar-refractivity contribution in [3.8, 4) is 0 Å². The van der Waals surface area contributed by atoms with E-state index in [9.17, 15) is 22.8 Å². The van der Waals surface area contributed by atoms with Crippen LogP contribution in [0.1, 0.15) is 33.5 Å². The minimum absolute atomic E-state index is 0.0551. The normalized spacial score (nSPS) is 16.4. The summed E-state index contributed by atoms with van der Waals surface area (Å²) < 4.78 is 39.8. The number of hydrogen-bond acceptors (Lipinski definition) is 2. The number of aromatic amines is 1. The molecule has 1 fully saturated rings. The Morgan fingerprint density at radius 3 is 2.51 bits per heavy atom. The first-order valence-corrected chi connectivity index (χ1v) is 12.1. The quantitative estimate of drug-likeness (QED) is 0.367. The van der Waals surface area contributed by atoms with Crippen molar-refractivity contribution in [2.75, 3.05) is 13.1 Å². The van der Waals surface area contributed by atoms with Crippen LogP contribution in [0.15, 0.2) is 85.1 Å². The van der Waals surface area contributed by atoms with Gasteiger partial charge in [0.1, 0.15) is 6.54 Å². The standard InChI is InChI=1S/C29H26F3N3O2/c30-29(31,32)24-8-4-7-21(15-24)17-35-25(11-9-20-5-2-1-3-6-20)18-34(19-27(35)36)28(37)23-10-12-26-22(16-23)13-14-33-26/h1-8,10,12-16,25,33H,9,11,17-19H2/t25-/m0/s1. The molecule has 8 heteroatoms. The van der Waals surface area contributed by atoms with E-state index in [0.717, 1.165) is 28.6 Å². The summed E-state index contributed by atoms with van der Waals surface area (Å²) in [6.45, 7) is 0.242. The molecular weight excluding hydrogens is 479 g/mol. The van der Waals surface area contributed by atoms with Crippen LogP contribution in [0.5, 0.6) is 0 Å². The lowest BCUT2D eigenvalue weighted by atomic mass is 9.99. The van der Waals surface area contributed by atoms with Crippen LogP contribution in [0.25, 0.3) is 10.9 Å². The van der Waals surface area contributed by atoms with Crippen molar-refractivity contribution >= 4 is 22.7 Å². The highest BCUT2D eigenvalue weighted by molar-refractivity contribution is 6.00. The molecule has 5 rings (SSSR count). The number of rotatable bonds is 6. The van der Waals surface area contributed by atoms with Gasteiger partial charge in [-0.15, -0.1) is 0 Å². The van der Waals surface area contributed by atoms with Crippen molar-refractivity contribution in [3.63, 3.8) is 0 Å². The zero-order valence-electron chi connectivity index (χ0n) is 20.0. The van der Waals surface area contributed by atoms with E-state index in [1.54, 1.807) is 34.2 Å². The molecule has 2 heterocycles. The van der Waals surface area contributed by atoms with Gasteiger partial charge < -0.3 is 14.8 Å². The highest BCUT2D eigenvalue weighted by Crippen LogP contribution is 2.30. The van der Waals surface area contributed by atoms with E-state index in [1.807, 2.05) is 42.5 Å². The fourth-order valence-electron chi connectivity index (χ4n) is 4.88. The molecule has 4 aromatic rings. The van der Waals surface area contributed by atoms with Gasteiger partial charge in [-0.3, -0.25) is 9.59 Å². The van der Waals surface area contributed by atoms with Crippen LogP contribution in [0.4, 0.5) is 13.2 Å². The Balaban J connectivity index is 1.39. The number of benzene rings is 3. The number of amides is 2. The number of fused-ring (bicyclic) bond motifs is 1. The lowest BCUT2D eigenvalue weighted by Gasteiger charge is -2.41. The van der Waals surface area contributed by atoms with Crippen molar-refractivity contribution in [2.24, 2.45) is 0 Å². The van der Waals surface area contributed by atoms with Crippen LogP contribution in [-0.4, -0.2) is 45.7 Å². The van der Waals surface area contributed by atoms with Crippen LogP contribution < -0.4 is 0 Å². The minimum atomic E-state index is -4.46. The van der Waals surface area contributed by atoms with Gasteiger partial charge in [-0.05, 0) is 60.4 Å². The van der Waals surface area contributed by atoms with Crippen molar-refractivity contribution in [1.29, 1.82) is 0 Å². The predicted molar refractivity (Wildman–Crippen MR) is 135 cm³/mol. The molecule has 0 radical (unpaired) electrons. The Labute approximate surface area is 212 Å². The smallest absolute Gasteiger partial charge is 0.361 e. The van der Waals surface area contributed by atoms with E-state index in [4.69, 9.17) is 0 Å². The summed E-state index contributed by atoms with van der Waals surface area (Å²) in [4.78, 5) is 33.0. The van der Waals surface area contributed by atoms with Crippen molar-refractivity contribution in [3.05, 3.63) is 107 Å². The second kappa shape index (κ2) is 10.1. The van der Waals surface area contributed by atoms with Crippen molar-refractivity contribution in [2.45, 2.75) is 31.6 Å². The van der Waals surface area contributed by atoms with Gasteiger partial charge in [0.2, 0.25) is 5.91 Å². The number of hydrogen-bond donors (Lipinski definition) is 1. The molecule has 1 aliphatic heterocycles. The number of H-pyrrole nitrogens is 1. The van der Waals surface area contributed by atoms with E-state index in [0.29, 0.717) is 30.5 Å². The first-order valence-electron chi connectivity index (χ1n) is 12.1. The molecule has 5 nitrogen and oxygen atoms in total. The molecule has 0 saturated carbocycles. The molecule has 190 valence electrons. The first kappa shape index (κ1) is 24.6. The van der Waals surface area contributed by atoms with Gasteiger partial charge in [-0.2, -0.15) is 13.2 Å². The summed E-state index contributed by atoms with van der Waals surface area (Å²) in [7, 11) is 0. The van der Waals surface area contributed by atoms with Gasteiger partial charge in [-0.1, -0.05) is 42.5 Å². The Kier molecular flexibility index (Phi) is 6.74. The molecule has 2 amide bonds. The van der Waals surface area contributed by atoms with Crippen molar-refractivity contribution in [1.82, 2.24) is 14.8 Å². The van der Waals surface area contributed by atoms with Gasteiger partial charge in [0.25, 0.3) is 5.91 Å². The Hall–Kier alpha value is -4.07. The van der Waals surface area contributed by atoms with Gasteiger partial charge in [-0.25, -0.2) is 0 Å². The lowest BCUT2D eigenvalue weighted by molar-refractivity contribution is -0.139. The van der Waals surface area contributed by atoms with Gasteiger partial charge >= 0.3 is 6.18 Å². The van der Waals surface area contributed by atoms with E-state index in [2.05, 4.69) is 4.98 Å². The lowest BCUT2D eigenvalue weighted by Crippen LogP contribution is -2.57. The van der Waals surface area contributed by atoms with Crippen LogP contribution in [0.2, 0.25) is 0 Å². The van der Waals surface area contributed by atoms with Gasteiger partial charge in [0, 0.05) is 35.8 Å². The Morgan fingerprint density at radius 2 is 1.73 bits per heavy atom. The average molecular weight is 506 g/mol. The molecule has 1 aromatic heterocycles. The summed E-state index contributed by atoms with van der Waals surface area (Å²) in [5, 5.41) is 0.904. The molecule has 1 atom stereocenters. The maximum Gasteiger partial charge on any atom is 0.416 e. The number of aromatic nitrogens is 1. The number of nitrogens with zero attached hydrogens (tertiary/aromatic N) is 2. The molecule has 0 unspecified atom stereocenters. The van der Waals surface area contributed by atoms with E-state index in [1.165, 1.54) is 6.07 Å². The van der Waals surface area contributed by atoms with E-state index >= 15 is 0 Å². The van der Waals surface area contributed by atoms with Crippen LogP contribution >= 0.6 is 0 Å². The maximum atomic E-state index is 13.4. The van der Waals surface area contributed by atoms with Crippen LogP contribution in [0, 0.1) is 0 Å². The Morgan fingerprint density at radius 1 is 0.946 bits per heavy atom. The van der Waals surface area contributed by atoms with Gasteiger partial charge in [0.15, 0.2) is 0 Å². The average Bonchev–Trinajstić information content (AvgIpc) is 3.37. The largest absolute Gasteiger partial charge is 0.416 e. The summed E-state index contributed by atoms with van der Waals surface area (Å²) in [6, 6.07) is 21.8. The second-order valence-electron chi connectivity index (χ2n) is 9.36. The molecule has 0 spiro atoms. The number of carbonyl (C=O) groups is 2.